The normalized spacial score (nSPS) is 19.7. The van der Waals surface area contributed by atoms with Gasteiger partial charge in [0, 0.05) is 54.6 Å². The van der Waals surface area contributed by atoms with E-state index in [1.54, 1.807) is 6.07 Å². The minimum Gasteiger partial charge on any atom is -0.334 e. The molecule has 0 saturated heterocycles. The van der Waals surface area contributed by atoms with Crippen molar-refractivity contribution in [3.05, 3.63) is 45.6 Å². The zero-order chi connectivity index (χ0) is 26.0. The molecule has 12 heteroatoms. The summed E-state index contributed by atoms with van der Waals surface area (Å²) in [5, 5.41) is 6.51. The van der Waals surface area contributed by atoms with E-state index < -0.39 is 11.7 Å². The molecule has 3 aromatic rings. The Kier molecular flexibility index (Phi) is 5.89. The highest BCUT2D eigenvalue weighted by molar-refractivity contribution is 7.99. The summed E-state index contributed by atoms with van der Waals surface area (Å²) >= 11 is 2.60. The van der Waals surface area contributed by atoms with Crippen molar-refractivity contribution in [1.29, 1.82) is 0 Å². The number of halogens is 3. The van der Waals surface area contributed by atoms with Crippen molar-refractivity contribution >= 4 is 40.8 Å². The molecule has 7 rings (SSSR count). The minimum absolute atomic E-state index is 0.0680. The van der Waals surface area contributed by atoms with Crippen LogP contribution in [0, 0.1) is 0 Å². The first kappa shape index (κ1) is 24.3. The van der Waals surface area contributed by atoms with Crippen LogP contribution < -0.4 is 10.6 Å². The number of fused-ring (bicyclic) bond motifs is 2. The maximum atomic E-state index is 14.1. The number of nitrogens with one attached hydrogen (secondary N) is 2. The fourth-order valence-corrected chi connectivity index (χ4v) is 7.44. The van der Waals surface area contributed by atoms with Crippen molar-refractivity contribution in [2.24, 2.45) is 0 Å². The van der Waals surface area contributed by atoms with Crippen LogP contribution in [0.15, 0.2) is 23.2 Å². The van der Waals surface area contributed by atoms with Gasteiger partial charge in [0.25, 0.3) is 5.91 Å². The van der Waals surface area contributed by atoms with Crippen molar-refractivity contribution in [2.45, 2.75) is 61.7 Å². The summed E-state index contributed by atoms with van der Waals surface area (Å²) in [4.78, 5) is 29.9. The molecule has 0 aromatic carbocycles. The number of aromatic nitrogens is 3. The van der Waals surface area contributed by atoms with E-state index in [0.29, 0.717) is 28.0 Å². The van der Waals surface area contributed by atoms with Gasteiger partial charge < -0.3 is 15.5 Å². The number of carbonyl (C=O) groups excluding carboxylic acids is 1. The number of thiophene rings is 1. The molecule has 0 radical (unpaired) electrons. The number of anilines is 2. The molecular formula is C26H25F3N6OS2. The van der Waals surface area contributed by atoms with E-state index in [1.807, 2.05) is 4.90 Å². The molecule has 2 fully saturated rings. The summed E-state index contributed by atoms with van der Waals surface area (Å²) in [6, 6.07) is 4.09. The lowest BCUT2D eigenvalue weighted by Gasteiger charge is -2.20. The van der Waals surface area contributed by atoms with Gasteiger partial charge >= 0.3 is 6.18 Å². The van der Waals surface area contributed by atoms with Crippen LogP contribution in [-0.4, -0.2) is 50.6 Å². The summed E-state index contributed by atoms with van der Waals surface area (Å²) in [5.41, 5.74) is 2.08. The molecule has 0 unspecified atom stereocenters. The largest absolute Gasteiger partial charge is 0.420 e. The van der Waals surface area contributed by atoms with E-state index in [2.05, 4.69) is 26.7 Å². The van der Waals surface area contributed by atoms with Crippen LogP contribution >= 0.6 is 23.1 Å². The van der Waals surface area contributed by atoms with Gasteiger partial charge in [-0.2, -0.15) is 13.2 Å². The molecule has 2 aliphatic carbocycles. The first-order chi connectivity index (χ1) is 18.3. The lowest BCUT2D eigenvalue weighted by atomic mass is 10.0. The SMILES string of the molecule is O=C1c2sc(-c3nc(Nc4nc5c(cc4C4CC4)CNCC5)ncc3C(F)(F)F)cc2SCCN1C1CC1. The molecule has 2 saturated carbocycles. The van der Waals surface area contributed by atoms with Crippen LogP contribution in [0.5, 0.6) is 0 Å². The van der Waals surface area contributed by atoms with Crippen LogP contribution in [0.25, 0.3) is 10.6 Å². The fraction of sp³-hybridized carbons (Fsp3) is 0.462. The highest BCUT2D eigenvalue weighted by Crippen LogP contribution is 2.46. The molecule has 0 spiro atoms. The van der Waals surface area contributed by atoms with Crippen molar-refractivity contribution in [3.63, 3.8) is 0 Å². The molecule has 4 aliphatic rings. The Labute approximate surface area is 225 Å². The monoisotopic (exact) mass is 558 g/mol. The van der Waals surface area contributed by atoms with Crippen LogP contribution in [0.2, 0.25) is 0 Å². The third kappa shape index (κ3) is 4.56. The second-order valence-corrected chi connectivity index (χ2v) is 12.4. The molecule has 2 N–H and O–H groups in total. The van der Waals surface area contributed by atoms with Gasteiger partial charge in [-0.1, -0.05) is 0 Å². The maximum absolute atomic E-state index is 14.1. The molecule has 7 nitrogen and oxygen atoms in total. The van der Waals surface area contributed by atoms with Gasteiger partial charge in [0.05, 0.1) is 10.6 Å². The Balaban J connectivity index is 1.27. The average molecular weight is 559 g/mol. The molecule has 3 aromatic heterocycles. The lowest BCUT2D eigenvalue weighted by Crippen LogP contribution is -2.33. The highest BCUT2D eigenvalue weighted by atomic mass is 32.2. The van der Waals surface area contributed by atoms with Crippen LogP contribution in [0.1, 0.15) is 63.7 Å². The van der Waals surface area contributed by atoms with E-state index in [0.717, 1.165) is 84.6 Å². The van der Waals surface area contributed by atoms with Gasteiger partial charge in [-0.25, -0.2) is 15.0 Å². The first-order valence-electron chi connectivity index (χ1n) is 12.9. The van der Waals surface area contributed by atoms with Gasteiger partial charge in [-0.15, -0.1) is 23.1 Å². The van der Waals surface area contributed by atoms with Crippen LogP contribution in [-0.2, 0) is 19.1 Å². The number of alkyl halides is 3. The third-order valence-electron chi connectivity index (χ3n) is 7.38. The van der Waals surface area contributed by atoms with E-state index in [1.165, 1.54) is 17.3 Å². The van der Waals surface area contributed by atoms with E-state index in [-0.39, 0.29) is 23.6 Å². The Hall–Kier alpha value is -2.70. The summed E-state index contributed by atoms with van der Waals surface area (Å²) < 4.78 is 42.2. The number of pyridine rings is 1. The van der Waals surface area contributed by atoms with Crippen molar-refractivity contribution in [3.8, 4) is 10.6 Å². The predicted molar refractivity (Wildman–Crippen MR) is 140 cm³/mol. The van der Waals surface area contributed by atoms with Gasteiger partial charge in [-0.05, 0) is 54.9 Å². The number of carbonyl (C=O) groups is 1. The van der Waals surface area contributed by atoms with Gasteiger partial charge in [0.2, 0.25) is 5.95 Å². The van der Waals surface area contributed by atoms with Crippen molar-refractivity contribution in [2.75, 3.05) is 24.2 Å². The second kappa shape index (κ2) is 9.20. The summed E-state index contributed by atoms with van der Waals surface area (Å²) in [5.74, 6) is 1.70. The topological polar surface area (TPSA) is 83.0 Å². The molecule has 2 aliphatic heterocycles. The molecule has 198 valence electrons. The maximum Gasteiger partial charge on any atom is 0.420 e. The molecule has 0 bridgehead atoms. The first-order valence-corrected chi connectivity index (χ1v) is 14.7. The average Bonchev–Trinajstić information content (AvgIpc) is 3.82. The fourth-order valence-electron chi connectivity index (χ4n) is 5.13. The number of nitrogens with zero attached hydrogens (tertiary/aromatic N) is 4. The molecule has 38 heavy (non-hydrogen) atoms. The Morgan fingerprint density at radius 1 is 1.13 bits per heavy atom. The summed E-state index contributed by atoms with van der Waals surface area (Å²) in [6.07, 6.45) is 1.08. The van der Waals surface area contributed by atoms with Crippen molar-refractivity contribution in [1.82, 2.24) is 25.2 Å². The summed E-state index contributed by atoms with van der Waals surface area (Å²) in [6.45, 7) is 2.26. The Bertz CT molecular complexity index is 1430. The van der Waals surface area contributed by atoms with Gasteiger partial charge in [-0.3, -0.25) is 4.79 Å². The van der Waals surface area contributed by atoms with E-state index >= 15 is 0 Å². The summed E-state index contributed by atoms with van der Waals surface area (Å²) in [7, 11) is 0. The second-order valence-electron chi connectivity index (χ2n) is 10.2. The lowest BCUT2D eigenvalue weighted by molar-refractivity contribution is -0.137. The zero-order valence-electron chi connectivity index (χ0n) is 20.4. The predicted octanol–water partition coefficient (Wildman–Crippen LogP) is 5.60. The van der Waals surface area contributed by atoms with Gasteiger partial charge in [0.15, 0.2) is 0 Å². The highest BCUT2D eigenvalue weighted by Gasteiger charge is 2.39. The number of rotatable bonds is 5. The van der Waals surface area contributed by atoms with Gasteiger partial charge in [0.1, 0.15) is 16.3 Å². The standard InChI is InChI=1S/C26H25F3N6OS2/c27-26(28,29)17-12-31-25(34-23-16(13-1-2-13)9-14-11-30-6-5-18(14)32-23)33-21(17)19-10-20-22(38-19)24(36)35(7-8-37-20)15-3-4-15/h9-10,12-13,15,30H,1-8,11H2,(H,31,32,33,34). The van der Waals surface area contributed by atoms with E-state index in [4.69, 9.17) is 4.98 Å². The minimum atomic E-state index is -4.64. The third-order valence-corrected chi connectivity index (χ3v) is 9.66. The number of hydrogen-bond donors (Lipinski definition) is 2. The Morgan fingerprint density at radius 2 is 1.97 bits per heavy atom. The van der Waals surface area contributed by atoms with Crippen LogP contribution in [0.3, 0.4) is 0 Å². The quantitative estimate of drug-likeness (QED) is 0.422. The molecule has 1 amide bonds. The van der Waals surface area contributed by atoms with Crippen molar-refractivity contribution < 1.29 is 18.0 Å². The molecular weight excluding hydrogens is 533 g/mol. The number of thioether (sulfide) groups is 1. The Morgan fingerprint density at radius 3 is 2.74 bits per heavy atom. The molecule has 0 atom stereocenters. The number of hydrogen-bond acceptors (Lipinski definition) is 8. The smallest absolute Gasteiger partial charge is 0.334 e. The number of amides is 1. The van der Waals surface area contributed by atoms with Crippen LogP contribution in [0.4, 0.5) is 24.9 Å². The molecule has 5 heterocycles. The zero-order valence-corrected chi connectivity index (χ0v) is 22.0. The van der Waals surface area contributed by atoms with E-state index in [9.17, 15) is 18.0 Å².